The summed E-state index contributed by atoms with van der Waals surface area (Å²) in [5, 5.41) is 0. The molecule has 0 fully saturated rings. The first kappa shape index (κ1) is 4.62. The zero-order valence-corrected chi connectivity index (χ0v) is 4.55. The Kier molecular flexibility index (Phi) is 1.01. The maximum Gasteiger partial charge on any atom is 0.142 e. The van der Waals surface area contributed by atoms with Crippen LogP contribution >= 0.6 is 0 Å². The molecule has 1 unspecified atom stereocenters. The molecule has 1 rings (SSSR count). The molecule has 0 aromatic carbocycles. The Labute approximate surface area is 43.8 Å². The topological polar surface area (TPSA) is 15.6 Å². The van der Waals surface area contributed by atoms with Gasteiger partial charge in [-0.15, -0.1) is 0 Å². The largest absolute Gasteiger partial charge is 0.361 e. The van der Waals surface area contributed by atoms with E-state index in [0.29, 0.717) is 6.04 Å². The van der Waals surface area contributed by atoms with Gasteiger partial charge < -0.3 is 4.90 Å². The lowest BCUT2D eigenvalue weighted by Gasteiger charge is -2.10. The maximum absolute atomic E-state index is 3.80. The van der Waals surface area contributed by atoms with Crippen LogP contribution in [0.2, 0.25) is 0 Å². The highest BCUT2D eigenvalue weighted by Crippen LogP contribution is 2.03. The molecule has 0 saturated carbocycles. The van der Waals surface area contributed by atoms with Crippen molar-refractivity contribution in [2.24, 2.45) is 4.99 Å². The molecule has 0 N–H and O–H groups in total. The quantitative estimate of drug-likeness (QED) is 0.426. The van der Waals surface area contributed by atoms with E-state index in [1.54, 1.807) is 6.34 Å². The molecule has 0 aromatic heterocycles. The zero-order valence-electron chi connectivity index (χ0n) is 4.55. The predicted octanol–water partition coefficient (Wildman–Crippen LogP) is 0.387. The predicted molar refractivity (Wildman–Crippen MR) is 29.0 cm³/mol. The third kappa shape index (κ3) is 0.734. The van der Waals surface area contributed by atoms with Gasteiger partial charge in [0.1, 0.15) is 6.54 Å². The van der Waals surface area contributed by atoms with Gasteiger partial charge in [0.25, 0.3) is 0 Å². The molecular weight excluding hydrogens is 88.1 g/mol. The van der Waals surface area contributed by atoms with Gasteiger partial charge >= 0.3 is 0 Å². The van der Waals surface area contributed by atoms with E-state index < -0.39 is 0 Å². The second kappa shape index (κ2) is 1.52. The number of hydrogen-bond acceptors (Lipinski definition) is 2. The molecule has 0 amide bonds. The first-order valence-corrected chi connectivity index (χ1v) is 2.31. The van der Waals surface area contributed by atoms with Crippen molar-refractivity contribution in [3.05, 3.63) is 6.54 Å². The minimum atomic E-state index is 0.375. The van der Waals surface area contributed by atoms with Gasteiger partial charge in [-0.2, -0.15) is 0 Å². The minimum absolute atomic E-state index is 0.375. The number of hydrogen-bond donors (Lipinski definition) is 0. The van der Waals surface area contributed by atoms with E-state index in [0.717, 1.165) is 0 Å². The van der Waals surface area contributed by atoms with Gasteiger partial charge in [-0.3, -0.25) is 4.99 Å². The van der Waals surface area contributed by atoms with E-state index in [4.69, 9.17) is 0 Å². The molecule has 1 aliphatic heterocycles. The van der Waals surface area contributed by atoms with Crippen LogP contribution in [0.4, 0.5) is 0 Å². The summed E-state index contributed by atoms with van der Waals surface area (Å²) in [6, 6.07) is 0.375. The van der Waals surface area contributed by atoms with Crippen LogP contribution in [-0.4, -0.2) is 24.3 Å². The summed E-state index contributed by atoms with van der Waals surface area (Å²) in [6.07, 6.45) is 1.77. The number of likely N-dealkylation sites (N-methyl/N-ethyl adjacent to an activating group) is 1. The summed E-state index contributed by atoms with van der Waals surface area (Å²) in [7, 11) is 1.98. The molecule has 0 aromatic rings. The molecule has 1 aliphatic rings. The van der Waals surface area contributed by atoms with E-state index in [1.807, 2.05) is 18.9 Å². The lowest BCUT2D eigenvalue weighted by molar-refractivity contribution is 0.468. The Morgan fingerprint density at radius 2 is 2.57 bits per heavy atom. The summed E-state index contributed by atoms with van der Waals surface area (Å²) in [6.45, 7) is 4.91. The van der Waals surface area contributed by atoms with Crippen LogP contribution in [0.3, 0.4) is 0 Å². The molecule has 2 radical (unpaired) electrons. The molecule has 0 saturated heterocycles. The molecular formula is C5H8N2. The summed E-state index contributed by atoms with van der Waals surface area (Å²) < 4.78 is 0. The van der Waals surface area contributed by atoms with Crippen LogP contribution in [0.15, 0.2) is 4.99 Å². The first-order valence-electron chi connectivity index (χ1n) is 2.31. The second-order valence-electron chi connectivity index (χ2n) is 1.72. The summed E-state index contributed by atoms with van der Waals surface area (Å²) in [5.41, 5.74) is 0. The van der Waals surface area contributed by atoms with E-state index in [9.17, 15) is 0 Å². The summed E-state index contributed by atoms with van der Waals surface area (Å²) in [4.78, 5) is 5.80. The van der Waals surface area contributed by atoms with Gasteiger partial charge in [0, 0.05) is 7.05 Å². The van der Waals surface area contributed by atoms with Gasteiger partial charge in [0.2, 0.25) is 0 Å². The van der Waals surface area contributed by atoms with Gasteiger partial charge in [-0.25, -0.2) is 0 Å². The Bertz CT molecular complexity index is 88.1. The highest BCUT2D eigenvalue weighted by molar-refractivity contribution is 5.58. The van der Waals surface area contributed by atoms with E-state index >= 15 is 0 Å². The third-order valence-corrected chi connectivity index (χ3v) is 1.11. The fourth-order valence-corrected chi connectivity index (χ4v) is 0.423. The maximum atomic E-state index is 3.80. The Hall–Kier alpha value is -0.530. The highest BCUT2D eigenvalue weighted by Gasteiger charge is 2.10. The monoisotopic (exact) mass is 96.1 g/mol. The summed E-state index contributed by atoms with van der Waals surface area (Å²) in [5.74, 6) is 0. The van der Waals surface area contributed by atoms with Crippen LogP contribution in [0.25, 0.3) is 0 Å². The third-order valence-electron chi connectivity index (χ3n) is 1.11. The van der Waals surface area contributed by atoms with Crippen molar-refractivity contribution in [2.45, 2.75) is 13.0 Å². The first-order chi connectivity index (χ1) is 3.30. The van der Waals surface area contributed by atoms with Crippen molar-refractivity contribution >= 4 is 6.34 Å². The molecule has 1 atom stereocenters. The van der Waals surface area contributed by atoms with E-state index in [2.05, 4.69) is 11.5 Å². The Morgan fingerprint density at radius 1 is 1.86 bits per heavy atom. The molecule has 38 valence electrons. The van der Waals surface area contributed by atoms with Crippen LogP contribution in [0.5, 0.6) is 0 Å². The molecule has 1 heterocycles. The average Bonchev–Trinajstić information content (AvgIpc) is 1.91. The molecule has 2 nitrogen and oxygen atoms in total. The van der Waals surface area contributed by atoms with E-state index in [-0.39, 0.29) is 0 Å². The normalized spacial score (nSPS) is 29.4. The lowest BCUT2D eigenvalue weighted by atomic mass is 10.3. The lowest BCUT2D eigenvalue weighted by Crippen LogP contribution is -2.21. The molecule has 0 spiro atoms. The van der Waals surface area contributed by atoms with Crippen molar-refractivity contribution in [3.63, 3.8) is 0 Å². The second-order valence-corrected chi connectivity index (χ2v) is 1.72. The van der Waals surface area contributed by atoms with Gasteiger partial charge in [-0.05, 0) is 6.92 Å². The van der Waals surface area contributed by atoms with Gasteiger partial charge in [0.05, 0.1) is 12.4 Å². The van der Waals surface area contributed by atoms with Crippen LogP contribution in [0, 0.1) is 6.54 Å². The van der Waals surface area contributed by atoms with Crippen molar-refractivity contribution in [1.29, 1.82) is 0 Å². The number of nitrogens with zero attached hydrogens (tertiary/aromatic N) is 2. The zero-order chi connectivity index (χ0) is 5.28. The van der Waals surface area contributed by atoms with Crippen LogP contribution < -0.4 is 0 Å². The van der Waals surface area contributed by atoms with Crippen LogP contribution in [-0.2, 0) is 0 Å². The number of aliphatic imine (C=N–C) groups is 1. The van der Waals surface area contributed by atoms with E-state index in [1.165, 1.54) is 0 Å². The standard InChI is InChI=1S/C5H8N2/c1-5-3-6-4-7(5)2/h4-5H,1-2H3. The average molecular weight is 96.1 g/mol. The fourth-order valence-electron chi connectivity index (χ4n) is 0.423. The molecule has 0 bridgehead atoms. The number of rotatable bonds is 0. The smallest absolute Gasteiger partial charge is 0.142 e. The van der Waals surface area contributed by atoms with Crippen LogP contribution in [0.1, 0.15) is 6.92 Å². The van der Waals surface area contributed by atoms with Crippen molar-refractivity contribution < 1.29 is 0 Å². The van der Waals surface area contributed by atoms with Crippen molar-refractivity contribution in [2.75, 3.05) is 7.05 Å². The fraction of sp³-hybridized carbons (Fsp3) is 0.600. The molecule has 2 heteroatoms. The Morgan fingerprint density at radius 3 is 2.71 bits per heavy atom. The van der Waals surface area contributed by atoms with Crippen molar-refractivity contribution in [3.8, 4) is 0 Å². The highest BCUT2D eigenvalue weighted by atomic mass is 15.2. The SMILES string of the molecule is CC1[C]N=CN1C. The Balaban J connectivity index is 2.45. The van der Waals surface area contributed by atoms with Gasteiger partial charge in [0.15, 0.2) is 0 Å². The van der Waals surface area contributed by atoms with Gasteiger partial charge in [-0.1, -0.05) is 0 Å². The van der Waals surface area contributed by atoms with Crippen molar-refractivity contribution in [1.82, 2.24) is 4.90 Å². The summed E-state index contributed by atoms with van der Waals surface area (Å²) >= 11 is 0. The molecule has 0 aliphatic carbocycles. The minimum Gasteiger partial charge on any atom is -0.361 e. The molecule has 7 heavy (non-hydrogen) atoms.